The Bertz CT molecular complexity index is 1370. The summed E-state index contributed by atoms with van der Waals surface area (Å²) in [5, 5.41) is 11.6. The van der Waals surface area contributed by atoms with Crippen molar-refractivity contribution in [3.63, 3.8) is 0 Å². The van der Waals surface area contributed by atoms with E-state index in [9.17, 15) is 32.4 Å². The molecule has 0 aromatic rings. The van der Waals surface area contributed by atoms with E-state index >= 15 is 0 Å². The lowest BCUT2D eigenvalue weighted by molar-refractivity contribution is -0.144. The molecule has 0 radical (unpaired) electrons. The molecular formula is C38H65N5O7S. The molecule has 5 amide bonds. The number of hydrogen-bond acceptors (Lipinski definition) is 7. The van der Waals surface area contributed by atoms with Crippen LogP contribution in [0.5, 0.6) is 0 Å². The summed E-state index contributed by atoms with van der Waals surface area (Å²) in [7, 11) is -3.56. The first kappa shape index (κ1) is 41.1. The summed E-state index contributed by atoms with van der Waals surface area (Å²) in [4.78, 5) is 70.0. The number of nitrogens with zero attached hydrogens (tertiary/aromatic N) is 1. The zero-order valence-electron chi connectivity index (χ0n) is 31.9. The molecule has 3 aliphatic carbocycles. The number of likely N-dealkylation sites (tertiary alicyclic amines) is 1. The van der Waals surface area contributed by atoms with E-state index in [2.05, 4.69) is 21.3 Å². The number of nitrogens with one attached hydrogen (secondary N) is 4. The van der Waals surface area contributed by atoms with Crippen molar-refractivity contribution in [3.8, 4) is 0 Å². The Morgan fingerprint density at radius 2 is 1.47 bits per heavy atom. The molecule has 4 aliphatic rings. The fourth-order valence-electron chi connectivity index (χ4n) is 8.42. The van der Waals surface area contributed by atoms with Crippen LogP contribution in [0.3, 0.4) is 0 Å². The third-order valence-corrected chi connectivity index (χ3v) is 15.5. The van der Waals surface area contributed by atoms with Gasteiger partial charge in [-0.05, 0) is 83.0 Å². The molecule has 4 rings (SSSR count). The Balaban J connectivity index is 1.54. The highest BCUT2D eigenvalue weighted by molar-refractivity contribution is 7.92. The fraction of sp³-hybridized carbons (Fsp3) is 0.868. The maximum Gasteiger partial charge on any atom is 0.315 e. The van der Waals surface area contributed by atoms with Gasteiger partial charge < -0.3 is 26.2 Å². The standard InChI is InChI=1S/C38H65N5O7S/c1-6-23-39-33(46)30(44)28(25-27-16-14-17-27)40-32(45)29-18-15-24-43(29)34(47)31(37(5)19-10-8-11-20-37)41-35(48)42-38(21-12-9-13-22-38)26-51(49,50)36(3,4)7-2/h27-29,31H,6-26H2,1-5H3,(H,39,46)(H,40,45)(H2,41,42,48)/t28?,29-,31+/m0/s1. The molecule has 0 bridgehead atoms. The molecule has 1 aliphatic heterocycles. The second-order valence-corrected chi connectivity index (χ2v) is 19.5. The number of hydrogen-bond donors (Lipinski definition) is 4. The summed E-state index contributed by atoms with van der Waals surface area (Å²) in [6.45, 7) is 9.94. The van der Waals surface area contributed by atoms with Gasteiger partial charge in [-0.2, -0.15) is 0 Å². The summed E-state index contributed by atoms with van der Waals surface area (Å²) in [6.07, 6.45) is 13.4. The van der Waals surface area contributed by atoms with E-state index in [1.54, 1.807) is 18.7 Å². The lowest BCUT2D eigenvalue weighted by atomic mass is 9.70. The number of carbonyl (C=O) groups excluding carboxylic acids is 5. The highest BCUT2D eigenvalue weighted by atomic mass is 32.2. The van der Waals surface area contributed by atoms with Crippen molar-refractivity contribution in [1.29, 1.82) is 0 Å². The average Bonchev–Trinajstić information content (AvgIpc) is 3.57. The molecule has 1 unspecified atom stereocenters. The van der Waals surface area contributed by atoms with E-state index in [-0.39, 0.29) is 17.6 Å². The zero-order chi connectivity index (χ0) is 37.5. The number of rotatable bonds is 16. The first-order chi connectivity index (χ1) is 24.1. The SMILES string of the molecule is CCCNC(=O)C(=O)C(CC1CCC1)NC(=O)[C@@H]1CCCN1C(=O)[C@@H](NC(=O)NC1(CS(=O)(=O)C(C)(C)CC)CCCCC1)C1(C)CCCCC1. The zero-order valence-corrected chi connectivity index (χ0v) is 32.7. The van der Waals surface area contributed by atoms with E-state index < -0.39 is 67.3 Å². The molecule has 4 fully saturated rings. The van der Waals surface area contributed by atoms with Crippen molar-refractivity contribution in [2.24, 2.45) is 11.3 Å². The molecule has 3 saturated carbocycles. The first-order valence-corrected chi connectivity index (χ1v) is 21.5. The van der Waals surface area contributed by atoms with Crippen LogP contribution < -0.4 is 21.3 Å². The summed E-state index contributed by atoms with van der Waals surface area (Å²) < 4.78 is 26.3. The van der Waals surface area contributed by atoms with Crippen LogP contribution in [0, 0.1) is 11.3 Å². The third-order valence-electron chi connectivity index (χ3n) is 12.6. The second-order valence-electron chi connectivity index (χ2n) is 16.9. The van der Waals surface area contributed by atoms with Crippen LogP contribution in [-0.2, 0) is 29.0 Å². The van der Waals surface area contributed by atoms with E-state index in [4.69, 9.17) is 0 Å². The molecule has 0 spiro atoms. The summed E-state index contributed by atoms with van der Waals surface area (Å²) in [5.74, 6) is -2.06. The van der Waals surface area contributed by atoms with E-state index in [0.717, 1.165) is 70.6 Å². The van der Waals surface area contributed by atoms with Gasteiger partial charge in [-0.3, -0.25) is 19.2 Å². The summed E-state index contributed by atoms with van der Waals surface area (Å²) in [6, 6.07) is -3.29. The number of Topliss-reactive ketones (excluding diaryl/α,β-unsaturated/α-hetero) is 1. The van der Waals surface area contributed by atoms with Gasteiger partial charge in [0.15, 0.2) is 9.84 Å². The molecule has 0 aromatic heterocycles. The first-order valence-electron chi connectivity index (χ1n) is 19.8. The monoisotopic (exact) mass is 735 g/mol. The predicted molar refractivity (Wildman–Crippen MR) is 198 cm³/mol. The molecule has 13 heteroatoms. The van der Waals surface area contributed by atoms with Crippen LogP contribution in [0.2, 0.25) is 0 Å². The maximum atomic E-state index is 14.6. The molecule has 1 saturated heterocycles. The molecule has 3 atom stereocenters. The fourth-order valence-corrected chi connectivity index (χ4v) is 10.3. The number of ketones is 1. The lowest BCUT2D eigenvalue weighted by Gasteiger charge is -2.44. The van der Waals surface area contributed by atoms with E-state index in [0.29, 0.717) is 58.0 Å². The van der Waals surface area contributed by atoms with Crippen LogP contribution in [0.15, 0.2) is 0 Å². The van der Waals surface area contributed by atoms with Crippen molar-refractivity contribution < 1.29 is 32.4 Å². The molecule has 4 N–H and O–H groups in total. The summed E-state index contributed by atoms with van der Waals surface area (Å²) in [5.41, 5.74) is -1.50. The van der Waals surface area contributed by atoms with Crippen LogP contribution in [0.25, 0.3) is 0 Å². The van der Waals surface area contributed by atoms with Gasteiger partial charge >= 0.3 is 6.03 Å². The number of carbonyl (C=O) groups is 5. The minimum atomic E-state index is -3.56. The Labute approximate surface area is 306 Å². The van der Waals surface area contributed by atoms with Crippen LogP contribution in [0.1, 0.15) is 150 Å². The Hall–Kier alpha value is -2.70. The van der Waals surface area contributed by atoms with Crippen LogP contribution in [0.4, 0.5) is 4.79 Å². The maximum absolute atomic E-state index is 14.6. The third kappa shape index (κ3) is 10.0. The quantitative estimate of drug-likeness (QED) is 0.167. The Morgan fingerprint density at radius 3 is 2.04 bits per heavy atom. The Kier molecular flexibility index (Phi) is 14.0. The van der Waals surface area contributed by atoms with E-state index in [1.165, 1.54) is 0 Å². The minimum Gasteiger partial charge on any atom is -0.349 e. The number of urea groups is 1. The van der Waals surface area contributed by atoms with Crippen LogP contribution >= 0.6 is 0 Å². The normalized spacial score (nSPS) is 23.3. The van der Waals surface area contributed by atoms with Gasteiger partial charge in [-0.1, -0.05) is 78.6 Å². The molecule has 1 heterocycles. The van der Waals surface area contributed by atoms with Gasteiger partial charge in [-0.25, -0.2) is 13.2 Å². The van der Waals surface area contributed by atoms with Gasteiger partial charge in [0.25, 0.3) is 5.91 Å². The summed E-state index contributed by atoms with van der Waals surface area (Å²) >= 11 is 0. The molecule has 51 heavy (non-hydrogen) atoms. The highest BCUT2D eigenvalue weighted by Crippen LogP contribution is 2.41. The van der Waals surface area contributed by atoms with Gasteiger partial charge in [0.05, 0.1) is 22.1 Å². The van der Waals surface area contributed by atoms with E-state index in [1.807, 2.05) is 20.8 Å². The van der Waals surface area contributed by atoms with Crippen molar-refractivity contribution in [1.82, 2.24) is 26.2 Å². The van der Waals surface area contributed by atoms with Crippen molar-refractivity contribution in [2.45, 2.75) is 179 Å². The molecule has 290 valence electrons. The smallest absolute Gasteiger partial charge is 0.315 e. The van der Waals surface area contributed by atoms with Crippen molar-refractivity contribution in [3.05, 3.63) is 0 Å². The number of amides is 5. The highest BCUT2D eigenvalue weighted by Gasteiger charge is 2.48. The minimum absolute atomic E-state index is 0.157. The van der Waals surface area contributed by atoms with Gasteiger partial charge in [0.2, 0.25) is 17.6 Å². The average molecular weight is 736 g/mol. The van der Waals surface area contributed by atoms with Crippen molar-refractivity contribution >= 4 is 39.4 Å². The molecule has 0 aromatic carbocycles. The second kappa shape index (κ2) is 17.4. The van der Waals surface area contributed by atoms with Crippen LogP contribution in [-0.4, -0.2) is 90.1 Å². The van der Waals surface area contributed by atoms with Gasteiger partial charge in [0, 0.05) is 13.1 Å². The topological polar surface area (TPSA) is 171 Å². The Morgan fingerprint density at radius 1 is 0.843 bits per heavy atom. The predicted octanol–water partition coefficient (Wildman–Crippen LogP) is 4.69. The van der Waals surface area contributed by atoms with Gasteiger partial charge in [0.1, 0.15) is 12.1 Å². The molecule has 12 nitrogen and oxygen atoms in total. The van der Waals surface area contributed by atoms with Crippen molar-refractivity contribution in [2.75, 3.05) is 18.8 Å². The van der Waals surface area contributed by atoms with Gasteiger partial charge in [-0.15, -0.1) is 0 Å². The number of sulfone groups is 1. The lowest BCUT2D eigenvalue weighted by Crippen LogP contribution is -2.64. The molecular weight excluding hydrogens is 671 g/mol. The largest absolute Gasteiger partial charge is 0.349 e.